The van der Waals surface area contributed by atoms with Crippen LogP contribution in [-0.2, 0) is 9.59 Å². The summed E-state index contributed by atoms with van der Waals surface area (Å²) in [5.41, 5.74) is 4.61. The second kappa shape index (κ2) is 6.41. The molecular weight excluding hydrogens is 289 g/mol. The third kappa shape index (κ3) is 2.82. The monoisotopic (exact) mass is 309 g/mol. The first-order chi connectivity index (χ1) is 10.4. The third-order valence-electron chi connectivity index (χ3n) is 3.87. The van der Waals surface area contributed by atoms with Gasteiger partial charge in [-0.05, 0) is 18.6 Å². The minimum Gasteiger partial charge on any atom is -0.478 e. The minimum atomic E-state index is -1.32. The molecule has 0 spiro atoms. The number of fused-ring (bicyclic) bond motifs is 1. The molecule has 0 aromatic heterocycles. The standard InChI is InChI=1S/C15H20FN3O3/c1-2-3-15(19-5-4-17)7-11-9(6-12(15)16)13(20)10(8-18-11)14(21)22/h6-9,18-19H,2-5,17H2,1H3,(H,21,22). The molecule has 1 aliphatic heterocycles. The van der Waals surface area contributed by atoms with E-state index in [1.165, 1.54) is 6.08 Å². The van der Waals surface area contributed by atoms with Gasteiger partial charge >= 0.3 is 5.97 Å². The first-order valence-electron chi connectivity index (χ1n) is 7.25. The fourth-order valence-electron chi connectivity index (χ4n) is 2.82. The number of hydrogen-bond donors (Lipinski definition) is 4. The van der Waals surface area contributed by atoms with Crippen LogP contribution in [0.5, 0.6) is 0 Å². The zero-order valence-electron chi connectivity index (χ0n) is 12.4. The van der Waals surface area contributed by atoms with Crippen molar-refractivity contribution in [2.75, 3.05) is 13.1 Å². The summed E-state index contributed by atoms with van der Waals surface area (Å²) in [4.78, 5) is 23.2. The number of nitrogens with one attached hydrogen (secondary N) is 2. The van der Waals surface area contributed by atoms with Crippen molar-refractivity contribution < 1.29 is 19.1 Å². The number of hydrogen-bond acceptors (Lipinski definition) is 5. The van der Waals surface area contributed by atoms with Crippen molar-refractivity contribution >= 4 is 11.8 Å². The number of carboxylic acids is 1. The summed E-state index contributed by atoms with van der Waals surface area (Å²) in [6.45, 7) is 2.73. The normalized spacial score (nSPS) is 27.3. The van der Waals surface area contributed by atoms with Crippen LogP contribution in [0.3, 0.4) is 0 Å². The predicted octanol–water partition coefficient (Wildman–Crippen LogP) is 0.582. The molecule has 1 heterocycles. The van der Waals surface area contributed by atoms with Crippen molar-refractivity contribution in [2.45, 2.75) is 25.3 Å². The highest BCUT2D eigenvalue weighted by Gasteiger charge is 2.41. The van der Waals surface area contributed by atoms with Gasteiger partial charge in [-0.1, -0.05) is 13.3 Å². The number of carbonyl (C=O) groups is 2. The van der Waals surface area contributed by atoms with Crippen molar-refractivity contribution in [3.05, 3.63) is 35.4 Å². The van der Waals surface area contributed by atoms with Crippen LogP contribution in [-0.4, -0.2) is 35.5 Å². The molecule has 1 aliphatic carbocycles. The van der Waals surface area contributed by atoms with E-state index in [-0.39, 0.29) is 5.57 Å². The molecule has 120 valence electrons. The van der Waals surface area contributed by atoms with Crippen LogP contribution < -0.4 is 16.4 Å². The topological polar surface area (TPSA) is 104 Å². The summed E-state index contributed by atoms with van der Waals surface area (Å²) in [7, 11) is 0. The van der Waals surface area contributed by atoms with Gasteiger partial charge in [-0.25, -0.2) is 9.18 Å². The smallest absolute Gasteiger partial charge is 0.340 e. The quantitative estimate of drug-likeness (QED) is 0.535. The molecule has 0 aromatic carbocycles. The molecule has 0 saturated carbocycles. The van der Waals surface area contributed by atoms with E-state index in [1.54, 1.807) is 6.08 Å². The van der Waals surface area contributed by atoms with Gasteiger partial charge in [0.1, 0.15) is 11.4 Å². The van der Waals surface area contributed by atoms with Crippen molar-refractivity contribution in [1.82, 2.24) is 10.6 Å². The first-order valence-corrected chi connectivity index (χ1v) is 7.25. The Morgan fingerprint density at radius 2 is 2.32 bits per heavy atom. The van der Waals surface area contributed by atoms with Gasteiger partial charge in [0, 0.05) is 25.0 Å². The van der Waals surface area contributed by atoms with Gasteiger partial charge in [-0.15, -0.1) is 0 Å². The lowest BCUT2D eigenvalue weighted by Gasteiger charge is -2.37. The number of ketones is 1. The average molecular weight is 309 g/mol. The fourth-order valence-corrected chi connectivity index (χ4v) is 2.82. The molecule has 0 saturated heterocycles. The molecule has 0 radical (unpaired) electrons. The Labute approximate surface area is 127 Å². The molecule has 0 bridgehead atoms. The van der Waals surface area contributed by atoms with Gasteiger partial charge in [0.15, 0.2) is 5.78 Å². The summed E-state index contributed by atoms with van der Waals surface area (Å²) in [6, 6.07) is 0. The molecule has 2 aliphatic rings. The lowest BCUT2D eigenvalue weighted by atomic mass is 9.79. The second-order valence-electron chi connectivity index (χ2n) is 5.40. The van der Waals surface area contributed by atoms with Crippen LogP contribution in [0.4, 0.5) is 4.39 Å². The number of carbonyl (C=O) groups excluding carboxylic acids is 1. The summed E-state index contributed by atoms with van der Waals surface area (Å²) in [6.07, 6.45) is 5.23. The van der Waals surface area contributed by atoms with Gasteiger partial charge < -0.3 is 21.5 Å². The van der Waals surface area contributed by atoms with E-state index in [0.29, 0.717) is 25.2 Å². The number of nitrogens with two attached hydrogens (primary N) is 1. The molecule has 0 amide bonds. The number of aliphatic carboxylic acids is 1. The Morgan fingerprint density at radius 3 is 2.91 bits per heavy atom. The largest absolute Gasteiger partial charge is 0.478 e. The van der Waals surface area contributed by atoms with Gasteiger partial charge in [0.2, 0.25) is 0 Å². The zero-order chi connectivity index (χ0) is 16.3. The van der Waals surface area contributed by atoms with E-state index in [1.807, 2.05) is 6.92 Å². The van der Waals surface area contributed by atoms with Crippen LogP contribution in [0.25, 0.3) is 0 Å². The molecular formula is C15H20FN3O3. The molecule has 2 unspecified atom stereocenters. The van der Waals surface area contributed by atoms with Crippen LogP contribution >= 0.6 is 0 Å². The molecule has 5 N–H and O–H groups in total. The summed E-state index contributed by atoms with van der Waals surface area (Å²) in [5.74, 6) is -3.33. The van der Waals surface area contributed by atoms with Crippen LogP contribution in [0.1, 0.15) is 19.8 Å². The van der Waals surface area contributed by atoms with Gasteiger partial charge in [0.25, 0.3) is 0 Å². The molecule has 2 atom stereocenters. The highest BCUT2D eigenvalue weighted by molar-refractivity contribution is 6.19. The Kier molecular flexibility index (Phi) is 4.77. The SMILES string of the molecule is CCCC1(NCCN)C=C2NC=C(C(=O)O)C(=O)C2C=C1F. The van der Waals surface area contributed by atoms with E-state index in [0.717, 1.165) is 12.6 Å². The lowest BCUT2D eigenvalue weighted by molar-refractivity contribution is -0.135. The molecule has 6 nitrogen and oxygen atoms in total. The van der Waals surface area contributed by atoms with E-state index in [2.05, 4.69) is 10.6 Å². The third-order valence-corrected chi connectivity index (χ3v) is 3.87. The van der Waals surface area contributed by atoms with Crippen LogP contribution in [0.15, 0.2) is 35.4 Å². The Bertz CT molecular complexity index is 583. The van der Waals surface area contributed by atoms with E-state index >= 15 is 0 Å². The summed E-state index contributed by atoms with van der Waals surface area (Å²) < 4.78 is 14.7. The summed E-state index contributed by atoms with van der Waals surface area (Å²) in [5, 5.41) is 14.9. The van der Waals surface area contributed by atoms with Crippen molar-refractivity contribution in [3.8, 4) is 0 Å². The molecule has 0 fully saturated rings. The zero-order valence-corrected chi connectivity index (χ0v) is 12.4. The van der Waals surface area contributed by atoms with Gasteiger partial charge in [0.05, 0.1) is 11.5 Å². The van der Waals surface area contributed by atoms with Gasteiger partial charge in [-0.2, -0.15) is 0 Å². The van der Waals surface area contributed by atoms with Crippen molar-refractivity contribution in [1.29, 1.82) is 0 Å². The maximum absolute atomic E-state index is 14.7. The minimum absolute atomic E-state index is 0.362. The maximum Gasteiger partial charge on any atom is 0.340 e. The van der Waals surface area contributed by atoms with E-state index in [4.69, 9.17) is 10.8 Å². The van der Waals surface area contributed by atoms with Gasteiger partial charge in [-0.3, -0.25) is 4.79 Å². The second-order valence-corrected chi connectivity index (χ2v) is 5.40. The predicted molar refractivity (Wildman–Crippen MR) is 79.3 cm³/mol. The van der Waals surface area contributed by atoms with Crippen molar-refractivity contribution in [2.24, 2.45) is 11.7 Å². The number of Topliss-reactive ketones (excluding diaryl/α,β-unsaturated/α-hetero) is 1. The molecule has 0 aromatic rings. The van der Waals surface area contributed by atoms with E-state index < -0.39 is 29.0 Å². The average Bonchev–Trinajstić information content (AvgIpc) is 2.47. The molecule has 7 heteroatoms. The fraction of sp³-hybridized carbons (Fsp3) is 0.467. The van der Waals surface area contributed by atoms with Crippen LogP contribution in [0.2, 0.25) is 0 Å². The van der Waals surface area contributed by atoms with E-state index in [9.17, 15) is 14.0 Å². The Balaban J connectivity index is 2.39. The van der Waals surface area contributed by atoms with Crippen LogP contribution in [0, 0.1) is 5.92 Å². The lowest BCUT2D eigenvalue weighted by Crippen LogP contribution is -2.50. The number of allylic oxidation sites excluding steroid dienone is 1. The van der Waals surface area contributed by atoms with Crippen molar-refractivity contribution in [3.63, 3.8) is 0 Å². The highest BCUT2D eigenvalue weighted by Crippen LogP contribution is 2.36. The molecule has 22 heavy (non-hydrogen) atoms. The number of halogens is 1. The first kappa shape index (κ1) is 16.4. The number of carboxylic acid groups (broad SMARTS) is 1. The Hall–Kier alpha value is -1.99. The maximum atomic E-state index is 14.7. The summed E-state index contributed by atoms with van der Waals surface area (Å²) >= 11 is 0. The number of rotatable bonds is 6. The highest BCUT2D eigenvalue weighted by atomic mass is 19.1. The molecule has 2 rings (SSSR count). The Morgan fingerprint density at radius 1 is 1.59 bits per heavy atom.